The van der Waals surface area contributed by atoms with E-state index < -0.39 is 11.9 Å². The van der Waals surface area contributed by atoms with Crippen LogP contribution < -0.4 is 4.90 Å². The molecular formula is C17H18FN3O2. The van der Waals surface area contributed by atoms with Crippen molar-refractivity contribution in [3.05, 3.63) is 54.1 Å². The first kappa shape index (κ1) is 15.3. The fourth-order valence-electron chi connectivity index (χ4n) is 2.94. The number of halogens is 1. The van der Waals surface area contributed by atoms with Crippen LogP contribution >= 0.6 is 0 Å². The molecule has 2 heterocycles. The van der Waals surface area contributed by atoms with Gasteiger partial charge >= 0.3 is 0 Å². The second-order valence-corrected chi connectivity index (χ2v) is 5.67. The second kappa shape index (κ2) is 5.87. The average Bonchev–Trinajstić information content (AvgIpc) is 3.12. The highest BCUT2D eigenvalue weighted by Crippen LogP contribution is 2.26. The van der Waals surface area contributed by atoms with Crippen molar-refractivity contribution < 1.29 is 14.0 Å². The summed E-state index contributed by atoms with van der Waals surface area (Å²) in [6, 6.07) is 9.11. The number of anilines is 1. The van der Waals surface area contributed by atoms with E-state index in [4.69, 9.17) is 0 Å². The molecule has 23 heavy (non-hydrogen) atoms. The van der Waals surface area contributed by atoms with Crippen molar-refractivity contribution in [1.82, 2.24) is 9.47 Å². The molecule has 1 aliphatic rings. The lowest BCUT2D eigenvalue weighted by Crippen LogP contribution is -2.43. The number of para-hydroxylation sites is 1. The monoisotopic (exact) mass is 315 g/mol. The minimum Gasteiger partial charge on any atom is -0.347 e. The fraction of sp³-hybridized carbons (Fsp3) is 0.294. The number of carbonyl (C=O) groups excluding carboxylic acids is 2. The third kappa shape index (κ3) is 2.60. The maximum absolute atomic E-state index is 13.9. The number of aryl methyl sites for hydroxylation is 1. The normalized spacial score (nSPS) is 17.6. The van der Waals surface area contributed by atoms with Crippen LogP contribution in [0.5, 0.6) is 0 Å². The Kier molecular flexibility index (Phi) is 3.90. The minimum absolute atomic E-state index is 0.216. The first-order valence-electron chi connectivity index (χ1n) is 7.45. The van der Waals surface area contributed by atoms with E-state index in [0.717, 1.165) is 0 Å². The molecule has 5 nitrogen and oxygen atoms in total. The average molecular weight is 315 g/mol. The summed E-state index contributed by atoms with van der Waals surface area (Å²) in [4.78, 5) is 28.0. The zero-order valence-electron chi connectivity index (χ0n) is 13.1. The molecule has 0 N–H and O–H groups in total. The van der Waals surface area contributed by atoms with Crippen LogP contribution in [0.25, 0.3) is 0 Å². The third-order valence-electron chi connectivity index (χ3n) is 4.27. The van der Waals surface area contributed by atoms with Crippen molar-refractivity contribution in [2.24, 2.45) is 7.05 Å². The SMILES string of the molecule is CN(C(=O)c1cccn1C)[C@H]1CCN(c2ccccc2F)C1=O. The lowest BCUT2D eigenvalue weighted by atomic mass is 10.2. The Hall–Kier alpha value is -2.63. The zero-order valence-corrected chi connectivity index (χ0v) is 13.1. The van der Waals surface area contributed by atoms with E-state index in [2.05, 4.69) is 0 Å². The quantitative estimate of drug-likeness (QED) is 0.870. The van der Waals surface area contributed by atoms with Gasteiger partial charge in [-0.25, -0.2) is 4.39 Å². The molecule has 1 saturated heterocycles. The molecule has 0 radical (unpaired) electrons. The van der Waals surface area contributed by atoms with E-state index in [1.54, 1.807) is 55.2 Å². The fourth-order valence-corrected chi connectivity index (χ4v) is 2.94. The van der Waals surface area contributed by atoms with Gasteiger partial charge in [0.25, 0.3) is 5.91 Å². The number of carbonyl (C=O) groups is 2. The summed E-state index contributed by atoms with van der Waals surface area (Å²) < 4.78 is 15.6. The van der Waals surface area contributed by atoms with Gasteiger partial charge in [-0.05, 0) is 30.7 Å². The van der Waals surface area contributed by atoms with Crippen LogP contribution in [0.15, 0.2) is 42.6 Å². The van der Waals surface area contributed by atoms with Crippen LogP contribution in [0.4, 0.5) is 10.1 Å². The molecule has 0 spiro atoms. The summed E-state index contributed by atoms with van der Waals surface area (Å²) in [6.45, 7) is 0.398. The number of amides is 2. The molecule has 1 aromatic carbocycles. The van der Waals surface area contributed by atoms with Crippen LogP contribution in [0.1, 0.15) is 16.9 Å². The van der Waals surface area contributed by atoms with Crippen LogP contribution in [0.2, 0.25) is 0 Å². The van der Waals surface area contributed by atoms with Crippen molar-refractivity contribution in [2.45, 2.75) is 12.5 Å². The molecular weight excluding hydrogens is 297 g/mol. The number of likely N-dealkylation sites (N-methyl/N-ethyl adjacent to an activating group) is 1. The molecule has 120 valence electrons. The van der Waals surface area contributed by atoms with Gasteiger partial charge in [0.15, 0.2) is 0 Å². The van der Waals surface area contributed by atoms with E-state index >= 15 is 0 Å². The summed E-state index contributed by atoms with van der Waals surface area (Å²) in [6.07, 6.45) is 2.27. The number of rotatable bonds is 3. The third-order valence-corrected chi connectivity index (χ3v) is 4.27. The Morgan fingerprint density at radius 3 is 2.65 bits per heavy atom. The van der Waals surface area contributed by atoms with Crippen molar-refractivity contribution in [1.29, 1.82) is 0 Å². The summed E-state index contributed by atoms with van der Waals surface area (Å²) in [7, 11) is 3.39. The van der Waals surface area contributed by atoms with Gasteiger partial charge < -0.3 is 14.4 Å². The number of aromatic nitrogens is 1. The lowest BCUT2D eigenvalue weighted by molar-refractivity contribution is -0.120. The van der Waals surface area contributed by atoms with Crippen LogP contribution in [0.3, 0.4) is 0 Å². The van der Waals surface area contributed by atoms with Gasteiger partial charge in [-0.1, -0.05) is 12.1 Å². The molecule has 3 rings (SSSR count). The number of hydrogen-bond donors (Lipinski definition) is 0. The smallest absolute Gasteiger partial charge is 0.270 e. The highest BCUT2D eigenvalue weighted by Gasteiger charge is 2.38. The van der Waals surface area contributed by atoms with Crippen molar-refractivity contribution in [2.75, 3.05) is 18.5 Å². The summed E-state index contributed by atoms with van der Waals surface area (Å²) in [5, 5.41) is 0. The summed E-state index contributed by atoms with van der Waals surface area (Å²) >= 11 is 0. The molecule has 0 saturated carbocycles. The van der Waals surface area contributed by atoms with E-state index in [1.165, 1.54) is 15.9 Å². The van der Waals surface area contributed by atoms with Crippen LogP contribution in [0, 0.1) is 5.82 Å². The van der Waals surface area contributed by atoms with Crippen LogP contribution in [-0.4, -0.2) is 40.9 Å². The van der Waals surface area contributed by atoms with Gasteiger partial charge in [0, 0.05) is 26.8 Å². The number of nitrogens with zero attached hydrogens (tertiary/aromatic N) is 3. The maximum atomic E-state index is 13.9. The lowest BCUT2D eigenvalue weighted by Gasteiger charge is -2.24. The molecule has 0 unspecified atom stereocenters. The van der Waals surface area contributed by atoms with Crippen LogP contribution in [-0.2, 0) is 11.8 Å². The van der Waals surface area contributed by atoms with Gasteiger partial charge in [0.05, 0.1) is 5.69 Å². The van der Waals surface area contributed by atoms with Crippen molar-refractivity contribution in [3.63, 3.8) is 0 Å². The van der Waals surface area contributed by atoms with Crippen molar-refractivity contribution >= 4 is 17.5 Å². The topological polar surface area (TPSA) is 45.6 Å². The minimum atomic E-state index is -0.572. The Morgan fingerprint density at radius 2 is 2.00 bits per heavy atom. The number of benzene rings is 1. The van der Waals surface area contributed by atoms with E-state index in [1.807, 2.05) is 0 Å². The Morgan fingerprint density at radius 1 is 1.26 bits per heavy atom. The standard InChI is InChI=1S/C17H18FN3O2/c1-19-10-5-8-14(19)16(22)20(2)15-9-11-21(17(15)23)13-7-4-3-6-12(13)18/h3-8,10,15H,9,11H2,1-2H3/t15-/m0/s1. The van der Waals surface area contributed by atoms with E-state index in [9.17, 15) is 14.0 Å². The molecule has 1 aliphatic heterocycles. The molecule has 1 fully saturated rings. The predicted molar refractivity (Wildman–Crippen MR) is 84.7 cm³/mol. The molecule has 6 heteroatoms. The molecule has 2 aromatic rings. The van der Waals surface area contributed by atoms with Crippen molar-refractivity contribution in [3.8, 4) is 0 Å². The first-order valence-corrected chi connectivity index (χ1v) is 7.45. The molecule has 0 aliphatic carbocycles. The van der Waals surface area contributed by atoms with E-state index in [-0.39, 0.29) is 17.5 Å². The second-order valence-electron chi connectivity index (χ2n) is 5.67. The Balaban J connectivity index is 1.80. The highest BCUT2D eigenvalue weighted by molar-refractivity contribution is 6.03. The van der Waals surface area contributed by atoms with Gasteiger partial charge in [-0.2, -0.15) is 0 Å². The van der Waals surface area contributed by atoms with E-state index in [0.29, 0.717) is 18.7 Å². The molecule has 1 aromatic heterocycles. The first-order chi connectivity index (χ1) is 11.0. The maximum Gasteiger partial charge on any atom is 0.270 e. The van der Waals surface area contributed by atoms with Gasteiger partial charge in [-0.15, -0.1) is 0 Å². The van der Waals surface area contributed by atoms with Gasteiger partial charge in [-0.3, -0.25) is 9.59 Å². The Labute approximate surface area is 133 Å². The Bertz CT molecular complexity index is 756. The predicted octanol–water partition coefficient (Wildman–Crippen LogP) is 2.04. The highest BCUT2D eigenvalue weighted by atomic mass is 19.1. The summed E-state index contributed by atoms with van der Waals surface area (Å²) in [5.74, 6) is -0.899. The zero-order chi connectivity index (χ0) is 16.6. The largest absolute Gasteiger partial charge is 0.347 e. The molecule has 2 amide bonds. The summed E-state index contributed by atoms with van der Waals surface area (Å²) in [5.41, 5.74) is 0.782. The molecule has 1 atom stereocenters. The van der Waals surface area contributed by atoms with Gasteiger partial charge in [0.1, 0.15) is 17.6 Å². The van der Waals surface area contributed by atoms with Gasteiger partial charge in [0.2, 0.25) is 5.91 Å². The molecule has 0 bridgehead atoms. The number of hydrogen-bond acceptors (Lipinski definition) is 2.